The minimum absolute atomic E-state index is 0.161. The van der Waals surface area contributed by atoms with Crippen LogP contribution in [-0.4, -0.2) is 11.9 Å². The van der Waals surface area contributed by atoms with Gasteiger partial charge in [-0.05, 0) is 39.5 Å². The lowest BCUT2D eigenvalue weighted by atomic mass is 10.2. The van der Waals surface area contributed by atoms with Crippen molar-refractivity contribution in [3.8, 4) is 0 Å². The molecule has 0 unspecified atom stereocenters. The maximum Gasteiger partial charge on any atom is 0.220 e. The van der Waals surface area contributed by atoms with Gasteiger partial charge in [0.1, 0.15) is 0 Å². The number of carbonyl (C=O) groups is 1. The highest BCUT2D eigenvalue weighted by molar-refractivity contribution is 5.76. The fourth-order valence-electron chi connectivity index (χ4n) is 1.33. The lowest BCUT2D eigenvalue weighted by Crippen LogP contribution is -2.29. The maximum absolute atomic E-state index is 11.3. The van der Waals surface area contributed by atoms with Crippen molar-refractivity contribution >= 4 is 5.91 Å². The summed E-state index contributed by atoms with van der Waals surface area (Å²) in [6.45, 7) is 6.10. The van der Waals surface area contributed by atoms with E-state index in [1.54, 1.807) is 0 Å². The molecule has 0 fully saturated rings. The van der Waals surface area contributed by atoms with Gasteiger partial charge in [-0.1, -0.05) is 31.2 Å². The predicted molar refractivity (Wildman–Crippen MR) is 70.3 cm³/mol. The Morgan fingerprint density at radius 1 is 1.19 bits per heavy atom. The quantitative estimate of drug-likeness (QED) is 0.494. The fourth-order valence-corrected chi connectivity index (χ4v) is 1.33. The summed E-state index contributed by atoms with van der Waals surface area (Å²) in [5, 5.41) is 2.89. The van der Waals surface area contributed by atoms with Gasteiger partial charge >= 0.3 is 0 Å². The van der Waals surface area contributed by atoms with E-state index in [4.69, 9.17) is 0 Å². The zero-order valence-electron chi connectivity index (χ0n) is 10.8. The molecular formula is C14H25NO. The minimum atomic E-state index is 0.161. The van der Waals surface area contributed by atoms with Crippen LogP contribution in [0.1, 0.15) is 52.9 Å². The molecule has 16 heavy (non-hydrogen) atoms. The lowest BCUT2D eigenvalue weighted by molar-refractivity contribution is -0.121. The highest BCUT2D eigenvalue weighted by Gasteiger charge is 2.00. The van der Waals surface area contributed by atoms with Gasteiger partial charge in [0.25, 0.3) is 0 Å². The zero-order valence-corrected chi connectivity index (χ0v) is 10.8. The summed E-state index contributed by atoms with van der Waals surface area (Å²) in [7, 11) is 0. The monoisotopic (exact) mass is 223 g/mol. The Kier molecular flexibility index (Phi) is 9.78. The van der Waals surface area contributed by atoms with Crippen LogP contribution in [0.5, 0.6) is 0 Å². The van der Waals surface area contributed by atoms with Crippen molar-refractivity contribution in [1.29, 1.82) is 0 Å². The fraction of sp³-hybridized carbons (Fsp3) is 0.643. The van der Waals surface area contributed by atoms with Crippen LogP contribution in [0.2, 0.25) is 0 Å². The molecule has 0 aromatic rings. The van der Waals surface area contributed by atoms with Gasteiger partial charge in [0, 0.05) is 12.5 Å². The Labute approximate surface area is 99.8 Å². The van der Waals surface area contributed by atoms with Crippen molar-refractivity contribution in [1.82, 2.24) is 5.32 Å². The van der Waals surface area contributed by atoms with E-state index in [0.717, 1.165) is 25.7 Å². The van der Waals surface area contributed by atoms with Gasteiger partial charge in [-0.2, -0.15) is 0 Å². The smallest absolute Gasteiger partial charge is 0.220 e. The van der Waals surface area contributed by atoms with Crippen molar-refractivity contribution in [2.24, 2.45) is 0 Å². The molecule has 2 nitrogen and oxygen atoms in total. The molecule has 0 aliphatic carbocycles. The van der Waals surface area contributed by atoms with Crippen LogP contribution in [0.15, 0.2) is 24.3 Å². The van der Waals surface area contributed by atoms with E-state index in [1.807, 2.05) is 13.8 Å². The van der Waals surface area contributed by atoms with E-state index in [9.17, 15) is 4.79 Å². The predicted octanol–water partition coefficient (Wildman–Crippen LogP) is 3.59. The summed E-state index contributed by atoms with van der Waals surface area (Å²) in [6.07, 6.45) is 13.3. The molecule has 0 aliphatic heterocycles. The van der Waals surface area contributed by atoms with Crippen molar-refractivity contribution in [3.63, 3.8) is 0 Å². The molecule has 0 radical (unpaired) electrons. The first-order valence-electron chi connectivity index (χ1n) is 6.26. The van der Waals surface area contributed by atoms with Gasteiger partial charge < -0.3 is 5.32 Å². The van der Waals surface area contributed by atoms with Gasteiger partial charge in [0.2, 0.25) is 5.91 Å². The molecule has 92 valence electrons. The number of hydrogen-bond donors (Lipinski definition) is 1. The highest BCUT2D eigenvalue weighted by Crippen LogP contribution is 1.99. The summed E-state index contributed by atoms with van der Waals surface area (Å²) < 4.78 is 0. The van der Waals surface area contributed by atoms with Crippen LogP contribution in [0, 0.1) is 0 Å². The third-order valence-corrected chi connectivity index (χ3v) is 2.07. The summed E-state index contributed by atoms with van der Waals surface area (Å²) in [4.78, 5) is 11.3. The molecule has 0 spiro atoms. The molecule has 0 bridgehead atoms. The standard InChI is InChI=1S/C14H25NO/c1-4-5-6-7-8-9-10-11-12-14(16)15-13(2)3/h5-6,8-9,13H,4,7,10-12H2,1-3H3,(H,15,16)/b6-5-,9-8-. The Morgan fingerprint density at radius 3 is 2.50 bits per heavy atom. The second kappa shape index (κ2) is 10.5. The van der Waals surface area contributed by atoms with Crippen LogP contribution in [-0.2, 0) is 4.79 Å². The third-order valence-electron chi connectivity index (χ3n) is 2.07. The first-order valence-corrected chi connectivity index (χ1v) is 6.26. The number of rotatable bonds is 8. The van der Waals surface area contributed by atoms with Crippen LogP contribution < -0.4 is 5.32 Å². The largest absolute Gasteiger partial charge is 0.354 e. The number of allylic oxidation sites excluding steroid dienone is 4. The minimum Gasteiger partial charge on any atom is -0.354 e. The molecule has 0 heterocycles. The van der Waals surface area contributed by atoms with Crippen molar-refractivity contribution in [2.75, 3.05) is 0 Å². The maximum atomic E-state index is 11.3. The molecule has 0 aromatic carbocycles. The average molecular weight is 223 g/mol. The van der Waals surface area contributed by atoms with Gasteiger partial charge in [-0.3, -0.25) is 4.79 Å². The normalized spacial score (nSPS) is 11.8. The lowest BCUT2D eigenvalue weighted by Gasteiger charge is -2.06. The zero-order chi connectivity index (χ0) is 12.2. The van der Waals surface area contributed by atoms with Crippen LogP contribution in [0.3, 0.4) is 0 Å². The van der Waals surface area contributed by atoms with Crippen molar-refractivity contribution < 1.29 is 4.79 Å². The van der Waals surface area contributed by atoms with E-state index < -0.39 is 0 Å². The van der Waals surface area contributed by atoms with Crippen molar-refractivity contribution in [2.45, 2.75) is 58.9 Å². The topological polar surface area (TPSA) is 29.1 Å². The van der Waals surface area contributed by atoms with Crippen LogP contribution in [0.4, 0.5) is 0 Å². The molecule has 1 N–H and O–H groups in total. The molecular weight excluding hydrogens is 198 g/mol. The number of carbonyl (C=O) groups excluding carboxylic acids is 1. The Bertz CT molecular complexity index is 229. The first kappa shape index (κ1) is 14.9. The van der Waals surface area contributed by atoms with E-state index in [1.165, 1.54) is 0 Å². The van der Waals surface area contributed by atoms with Gasteiger partial charge in [0.05, 0.1) is 0 Å². The molecule has 0 aromatic heterocycles. The summed E-state index contributed by atoms with van der Waals surface area (Å²) >= 11 is 0. The molecule has 1 amide bonds. The van der Waals surface area contributed by atoms with Gasteiger partial charge in [-0.25, -0.2) is 0 Å². The molecule has 0 saturated carbocycles. The number of hydrogen-bond acceptors (Lipinski definition) is 1. The van der Waals surface area contributed by atoms with E-state index in [-0.39, 0.29) is 11.9 Å². The van der Waals surface area contributed by atoms with Crippen LogP contribution in [0.25, 0.3) is 0 Å². The number of nitrogens with one attached hydrogen (secondary N) is 1. The Morgan fingerprint density at radius 2 is 1.88 bits per heavy atom. The highest BCUT2D eigenvalue weighted by atomic mass is 16.1. The summed E-state index contributed by atoms with van der Waals surface area (Å²) in [5.41, 5.74) is 0. The summed E-state index contributed by atoms with van der Waals surface area (Å²) in [5.74, 6) is 0.161. The van der Waals surface area contributed by atoms with Crippen LogP contribution >= 0.6 is 0 Å². The molecule has 0 atom stereocenters. The molecule has 0 rings (SSSR count). The first-order chi connectivity index (χ1) is 7.66. The van der Waals surface area contributed by atoms with E-state index >= 15 is 0 Å². The third kappa shape index (κ3) is 11.0. The van der Waals surface area contributed by atoms with E-state index in [2.05, 4.69) is 36.5 Å². The second-order valence-corrected chi connectivity index (χ2v) is 4.20. The Hall–Kier alpha value is -1.05. The van der Waals surface area contributed by atoms with E-state index in [0.29, 0.717) is 6.42 Å². The average Bonchev–Trinajstić information content (AvgIpc) is 2.21. The molecule has 2 heteroatoms. The molecule has 0 saturated heterocycles. The number of unbranched alkanes of at least 4 members (excludes halogenated alkanes) is 1. The Balaban J connectivity index is 3.38. The number of amides is 1. The van der Waals surface area contributed by atoms with Gasteiger partial charge in [-0.15, -0.1) is 0 Å². The summed E-state index contributed by atoms with van der Waals surface area (Å²) in [6, 6.07) is 0.252. The SMILES string of the molecule is CC/C=C\C/C=C\CCCC(=O)NC(C)C. The second-order valence-electron chi connectivity index (χ2n) is 4.20. The van der Waals surface area contributed by atoms with Gasteiger partial charge in [0.15, 0.2) is 0 Å². The molecule has 0 aliphatic rings. The van der Waals surface area contributed by atoms with Crippen molar-refractivity contribution in [3.05, 3.63) is 24.3 Å².